The average molecular weight is 280 g/mol. The number of fused-ring (bicyclic) bond motifs is 5. The molecule has 1 aromatic rings. The van der Waals surface area contributed by atoms with Gasteiger partial charge in [-0.05, 0) is 29.2 Å². The molecule has 0 heterocycles. The Labute approximate surface area is 123 Å². The number of allylic oxidation sites excluding steroid dienone is 5. The van der Waals surface area contributed by atoms with Crippen LogP contribution < -0.4 is 9.47 Å². The Bertz CT molecular complexity index is 752. The Balaban J connectivity index is 1.97. The molecule has 1 aromatic carbocycles. The SMILES string of the molecule is C=C1C2=C(C(=O)c3c(OC)cc(OC)cc31)C1C=CC2C1. The van der Waals surface area contributed by atoms with Crippen molar-refractivity contribution in [3.8, 4) is 11.5 Å². The zero-order valence-electron chi connectivity index (χ0n) is 12.1. The topological polar surface area (TPSA) is 35.5 Å². The molecule has 3 aliphatic rings. The molecule has 0 aromatic heterocycles. The van der Waals surface area contributed by atoms with Gasteiger partial charge >= 0.3 is 0 Å². The second-order valence-electron chi connectivity index (χ2n) is 5.72. The second kappa shape index (κ2) is 4.10. The maximum atomic E-state index is 13.0. The molecule has 0 N–H and O–H groups in total. The Morgan fingerprint density at radius 1 is 1.10 bits per heavy atom. The molecule has 0 fully saturated rings. The Morgan fingerprint density at radius 2 is 1.81 bits per heavy atom. The molecule has 0 aliphatic heterocycles. The highest BCUT2D eigenvalue weighted by Gasteiger charge is 2.44. The van der Waals surface area contributed by atoms with Gasteiger partial charge in [-0.15, -0.1) is 0 Å². The minimum Gasteiger partial charge on any atom is -0.497 e. The van der Waals surface area contributed by atoms with E-state index in [0.29, 0.717) is 23.0 Å². The number of Topliss-reactive ketones (excluding diaryl/α,β-unsaturated/α-hetero) is 1. The van der Waals surface area contributed by atoms with E-state index in [9.17, 15) is 4.79 Å². The van der Waals surface area contributed by atoms with Gasteiger partial charge in [-0.2, -0.15) is 0 Å². The first-order valence-corrected chi connectivity index (χ1v) is 7.08. The fraction of sp³-hybridized carbons (Fsp3) is 0.278. The maximum Gasteiger partial charge on any atom is 0.194 e. The lowest BCUT2D eigenvalue weighted by Gasteiger charge is -2.26. The highest BCUT2D eigenvalue weighted by molar-refractivity contribution is 6.20. The van der Waals surface area contributed by atoms with Gasteiger partial charge in [0, 0.05) is 23.5 Å². The van der Waals surface area contributed by atoms with Crippen molar-refractivity contribution < 1.29 is 14.3 Å². The van der Waals surface area contributed by atoms with Crippen LogP contribution in [0, 0.1) is 11.8 Å². The van der Waals surface area contributed by atoms with Crippen LogP contribution in [0.25, 0.3) is 5.57 Å². The van der Waals surface area contributed by atoms with E-state index >= 15 is 0 Å². The third-order valence-electron chi connectivity index (χ3n) is 4.77. The zero-order valence-corrected chi connectivity index (χ0v) is 12.1. The molecule has 2 bridgehead atoms. The average Bonchev–Trinajstić information content (AvgIpc) is 3.12. The van der Waals surface area contributed by atoms with E-state index in [4.69, 9.17) is 9.47 Å². The Hall–Kier alpha value is -2.29. The highest BCUT2D eigenvalue weighted by Crippen LogP contribution is 2.54. The summed E-state index contributed by atoms with van der Waals surface area (Å²) in [7, 11) is 3.19. The molecule has 0 amide bonds. The molecule has 3 heteroatoms. The third-order valence-corrected chi connectivity index (χ3v) is 4.77. The molecule has 0 saturated heterocycles. The van der Waals surface area contributed by atoms with Crippen LogP contribution in [0.3, 0.4) is 0 Å². The van der Waals surface area contributed by atoms with Gasteiger partial charge < -0.3 is 9.47 Å². The largest absolute Gasteiger partial charge is 0.497 e. The van der Waals surface area contributed by atoms with E-state index in [1.807, 2.05) is 6.07 Å². The van der Waals surface area contributed by atoms with Gasteiger partial charge in [0.25, 0.3) is 0 Å². The smallest absolute Gasteiger partial charge is 0.194 e. The van der Waals surface area contributed by atoms with Gasteiger partial charge in [-0.3, -0.25) is 4.79 Å². The van der Waals surface area contributed by atoms with E-state index in [1.165, 1.54) is 0 Å². The first-order valence-electron chi connectivity index (χ1n) is 7.08. The molecule has 4 rings (SSSR count). The summed E-state index contributed by atoms with van der Waals surface area (Å²) >= 11 is 0. The number of carbonyl (C=O) groups excluding carboxylic acids is 1. The van der Waals surface area contributed by atoms with Crippen LogP contribution in [-0.4, -0.2) is 20.0 Å². The summed E-state index contributed by atoms with van der Waals surface area (Å²) in [5.74, 6) is 1.92. The van der Waals surface area contributed by atoms with Crippen LogP contribution in [-0.2, 0) is 0 Å². The molecular weight excluding hydrogens is 264 g/mol. The van der Waals surface area contributed by atoms with Crippen molar-refractivity contribution in [3.05, 3.63) is 53.1 Å². The standard InChI is InChI=1S/C18H16O3/c1-9-13-7-12(20-2)8-14(21-3)17(13)18(19)16-11-5-4-10(6-11)15(9)16/h4-5,7-8,10-11H,1,6H2,2-3H3. The molecule has 3 aliphatic carbocycles. The highest BCUT2D eigenvalue weighted by atomic mass is 16.5. The van der Waals surface area contributed by atoms with Crippen molar-refractivity contribution in [1.29, 1.82) is 0 Å². The third kappa shape index (κ3) is 1.46. The fourth-order valence-electron chi connectivity index (χ4n) is 3.82. The van der Waals surface area contributed by atoms with E-state index in [1.54, 1.807) is 20.3 Å². The van der Waals surface area contributed by atoms with Gasteiger partial charge in [0.05, 0.1) is 19.8 Å². The van der Waals surface area contributed by atoms with Crippen LogP contribution in [0.2, 0.25) is 0 Å². The number of hydrogen-bond acceptors (Lipinski definition) is 3. The summed E-state index contributed by atoms with van der Waals surface area (Å²) in [6.45, 7) is 4.25. The molecule has 21 heavy (non-hydrogen) atoms. The Morgan fingerprint density at radius 3 is 2.48 bits per heavy atom. The summed E-state index contributed by atoms with van der Waals surface area (Å²) in [6.07, 6.45) is 5.35. The van der Waals surface area contributed by atoms with E-state index in [-0.39, 0.29) is 11.7 Å². The van der Waals surface area contributed by atoms with Gasteiger partial charge in [0.2, 0.25) is 0 Å². The van der Waals surface area contributed by atoms with Crippen LogP contribution >= 0.6 is 0 Å². The first kappa shape index (κ1) is 12.5. The van der Waals surface area contributed by atoms with E-state index < -0.39 is 0 Å². The maximum absolute atomic E-state index is 13.0. The molecule has 2 unspecified atom stereocenters. The first-order chi connectivity index (χ1) is 10.2. The zero-order chi connectivity index (χ0) is 14.7. The molecule has 0 radical (unpaired) electrons. The molecule has 2 atom stereocenters. The quantitative estimate of drug-likeness (QED) is 0.779. The van der Waals surface area contributed by atoms with Crippen molar-refractivity contribution in [2.24, 2.45) is 11.8 Å². The number of hydrogen-bond donors (Lipinski definition) is 0. The lowest BCUT2D eigenvalue weighted by atomic mass is 9.77. The van der Waals surface area contributed by atoms with Gasteiger partial charge in [0.1, 0.15) is 11.5 Å². The van der Waals surface area contributed by atoms with Crippen molar-refractivity contribution in [1.82, 2.24) is 0 Å². The second-order valence-corrected chi connectivity index (χ2v) is 5.72. The molecule has 0 spiro atoms. The predicted octanol–water partition coefficient (Wildman–Crippen LogP) is 3.42. The number of rotatable bonds is 2. The van der Waals surface area contributed by atoms with Crippen molar-refractivity contribution in [3.63, 3.8) is 0 Å². The fourth-order valence-corrected chi connectivity index (χ4v) is 3.82. The van der Waals surface area contributed by atoms with E-state index in [0.717, 1.165) is 28.7 Å². The van der Waals surface area contributed by atoms with Crippen LogP contribution in [0.5, 0.6) is 11.5 Å². The van der Waals surface area contributed by atoms with Crippen LogP contribution in [0.4, 0.5) is 0 Å². The summed E-state index contributed by atoms with van der Waals surface area (Å²) in [5.41, 5.74) is 4.45. The summed E-state index contributed by atoms with van der Waals surface area (Å²) < 4.78 is 10.7. The summed E-state index contributed by atoms with van der Waals surface area (Å²) in [4.78, 5) is 13.0. The van der Waals surface area contributed by atoms with Crippen molar-refractivity contribution in [2.75, 3.05) is 14.2 Å². The van der Waals surface area contributed by atoms with Crippen molar-refractivity contribution >= 4 is 11.4 Å². The summed E-state index contributed by atoms with van der Waals surface area (Å²) in [6, 6.07) is 3.65. The number of benzene rings is 1. The van der Waals surface area contributed by atoms with Gasteiger partial charge in [0.15, 0.2) is 5.78 Å². The number of ketones is 1. The molecule has 106 valence electrons. The monoisotopic (exact) mass is 280 g/mol. The minimum absolute atomic E-state index is 0.0868. The number of carbonyl (C=O) groups is 1. The summed E-state index contributed by atoms with van der Waals surface area (Å²) in [5, 5.41) is 0. The predicted molar refractivity (Wildman–Crippen MR) is 80.7 cm³/mol. The normalized spacial score (nSPS) is 25.2. The van der Waals surface area contributed by atoms with Crippen LogP contribution in [0.1, 0.15) is 22.3 Å². The van der Waals surface area contributed by atoms with Gasteiger partial charge in [-0.1, -0.05) is 18.7 Å². The number of ether oxygens (including phenoxy) is 2. The lowest BCUT2D eigenvalue weighted by molar-refractivity contribution is 0.102. The Kier molecular flexibility index (Phi) is 2.43. The van der Waals surface area contributed by atoms with Crippen LogP contribution in [0.15, 0.2) is 42.0 Å². The van der Waals surface area contributed by atoms with E-state index in [2.05, 4.69) is 18.7 Å². The lowest BCUT2D eigenvalue weighted by Crippen LogP contribution is -2.19. The van der Waals surface area contributed by atoms with Gasteiger partial charge in [-0.25, -0.2) is 0 Å². The minimum atomic E-state index is 0.0868. The van der Waals surface area contributed by atoms with Crippen molar-refractivity contribution in [2.45, 2.75) is 6.42 Å². The molecule has 3 nitrogen and oxygen atoms in total. The molecular formula is C18H16O3. The molecule has 0 saturated carbocycles. The number of methoxy groups -OCH3 is 2.